The number of imidazole rings is 1. The van der Waals surface area contributed by atoms with E-state index in [0.29, 0.717) is 37.6 Å². The summed E-state index contributed by atoms with van der Waals surface area (Å²) in [5, 5.41) is 4.79. The SMILES string of the molecule is Cn1c(=O)c2c(ncn2CC(=O)N2CCN(CCNC(=O)c3cccs3)CC2)n(C)c1=O. The van der Waals surface area contributed by atoms with Gasteiger partial charge >= 0.3 is 5.69 Å². The summed E-state index contributed by atoms with van der Waals surface area (Å²) in [6.07, 6.45) is 1.43. The summed E-state index contributed by atoms with van der Waals surface area (Å²) in [5.74, 6) is -0.170. The third kappa shape index (κ3) is 4.23. The van der Waals surface area contributed by atoms with Gasteiger partial charge in [-0.1, -0.05) is 6.07 Å². The van der Waals surface area contributed by atoms with Crippen LogP contribution in [0.5, 0.6) is 0 Å². The minimum Gasteiger partial charge on any atom is -0.350 e. The number of hydrogen-bond donors (Lipinski definition) is 1. The minimum atomic E-state index is -0.470. The number of hydrogen-bond acceptors (Lipinski definition) is 7. The van der Waals surface area contributed by atoms with Crippen LogP contribution >= 0.6 is 11.3 Å². The van der Waals surface area contributed by atoms with Crippen LogP contribution in [0, 0.1) is 0 Å². The average Bonchev–Trinajstić information content (AvgIpc) is 3.47. The quantitative estimate of drug-likeness (QED) is 0.509. The Balaban J connectivity index is 1.31. The Kier molecular flexibility index (Phi) is 6.24. The number of carbonyl (C=O) groups is 2. The van der Waals surface area contributed by atoms with E-state index in [4.69, 9.17) is 0 Å². The molecule has 0 aromatic carbocycles. The molecular formula is C20H25N7O4S. The number of rotatable bonds is 6. The van der Waals surface area contributed by atoms with E-state index in [9.17, 15) is 19.2 Å². The third-order valence-electron chi connectivity index (χ3n) is 5.71. The normalized spacial score (nSPS) is 14.8. The number of piperazine rings is 1. The first-order valence-corrected chi connectivity index (χ1v) is 11.2. The van der Waals surface area contributed by atoms with E-state index in [1.165, 1.54) is 33.8 Å². The first kappa shape index (κ1) is 22.0. The van der Waals surface area contributed by atoms with Crippen LogP contribution in [-0.2, 0) is 25.4 Å². The highest BCUT2D eigenvalue weighted by Crippen LogP contribution is 2.09. The summed E-state index contributed by atoms with van der Waals surface area (Å²) in [7, 11) is 2.96. The zero-order valence-corrected chi connectivity index (χ0v) is 18.8. The zero-order valence-electron chi connectivity index (χ0n) is 18.0. The smallest absolute Gasteiger partial charge is 0.332 e. The van der Waals surface area contributed by atoms with Gasteiger partial charge in [0.05, 0.1) is 11.2 Å². The number of nitrogens with zero attached hydrogens (tertiary/aromatic N) is 6. The molecule has 4 rings (SSSR count). The van der Waals surface area contributed by atoms with Crippen molar-refractivity contribution in [1.29, 1.82) is 0 Å². The molecule has 0 atom stereocenters. The fourth-order valence-electron chi connectivity index (χ4n) is 3.81. The Bertz CT molecular complexity index is 1250. The maximum Gasteiger partial charge on any atom is 0.332 e. The Morgan fingerprint density at radius 3 is 2.56 bits per heavy atom. The lowest BCUT2D eigenvalue weighted by Gasteiger charge is -2.34. The van der Waals surface area contributed by atoms with Gasteiger partial charge in [0.25, 0.3) is 11.5 Å². The summed E-state index contributed by atoms with van der Waals surface area (Å²) in [6.45, 7) is 3.81. The summed E-state index contributed by atoms with van der Waals surface area (Å²) >= 11 is 1.41. The highest BCUT2D eigenvalue weighted by Gasteiger charge is 2.23. The molecule has 0 saturated carbocycles. The van der Waals surface area contributed by atoms with Crippen molar-refractivity contribution in [2.75, 3.05) is 39.3 Å². The molecule has 0 radical (unpaired) electrons. The number of aromatic nitrogens is 4. The Labute approximate surface area is 187 Å². The van der Waals surface area contributed by atoms with E-state index in [0.717, 1.165) is 11.1 Å². The van der Waals surface area contributed by atoms with Gasteiger partial charge in [-0.2, -0.15) is 0 Å². The Morgan fingerprint density at radius 2 is 1.88 bits per heavy atom. The maximum absolute atomic E-state index is 12.8. The second-order valence-electron chi connectivity index (χ2n) is 7.71. The predicted molar refractivity (Wildman–Crippen MR) is 120 cm³/mol. The molecule has 11 nitrogen and oxygen atoms in total. The van der Waals surface area contributed by atoms with Crippen molar-refractivity contribution in [2.45, 2.75) is 6.54 Å². The molecule has 4 heterocycles. The van der Waals surface area contributed by atoms with Gasteiger partial charge in [0.2, 0.25) is 5.91 Å². The van der Waals surface area contributed by atoms with Crippen LogP contribution in [0.15, 0.2) is 33.4 Å². The zero-order chi connectivity index (χ0) is 22.8. The predicted octanol–water partition coefficient (Wildman–Crippen LogP) is -0.931. The van der Waals surface area contributed by atoms with Crippen LogP contribution < -0.4 is 16.6 Å². The molecule has 0 bridgehead atoms. The second-order valence-corrected chi connectivity index (χ2v) is 8.65. The van der Waals surface area contributed by atoms with E-state index in [-0.39, 0.29) is 29.5 Å². The lowest BCUT2D eigenvalue weighted by Crippen LogP contribution is -2.51. The van der Waals surface area contributed by atoms with Gasteiger partial charge in [-0.15, -0.1) is 11.3 Å². The number of amides is 2. The van der Waals surface area contributed by atoms with E-state index in [1.54, 1.807) is 18.0 Å². The lowest BCUT2D eigenvalue weighted by atomic mass is 10.3. The molecule has 0 aliphatic carbocycles. The van der Waals surface area contributed by atoms with Crippen LogP contribution in [0.25, 0.3) is 11.2 Å². The molecule has 1 N–H and O–H groups in total. The van der Waals surface area contributed by atoms with Crippen LogP contribution in [0.2, 0.25) is 0 Å². The topological polar surface area (TPSA) is 114 Å². The van der Waals surface area contributed by atoms with Crippen LogP contribution in [0.1, 0.15) is 9.67 Å². The van der Waals surface area contributed by atoms with Gasteiger partial charge in [0, 0.05) is 53.4 Å². The third-order valence-corrected chi connectivity index (χ3v) is 6.57. The van der Waals surface area contributed by atoms with Crippen molar-refractivity contribution in [1.82, 2.24) is 33.8 Å². The molecule has 170 valence electrons. The van der Waals surface area contributed by atoms with Crippen molar-refractivity contribution in [3.8, 4) is 0 Å². The Hall–Kier alpha value is -3.25. The first-order valence-electron chi connectivity index (χ1n) is 10.3. The molecule has 32 heavy (non-hydrogen) atoms. The molecular weight excluding hydrogens is 434 g/mol. The molecule has 1 aliphatic heterocycles. The van der Waals surface area contributed by atoms with Gasteiger partial charge < -0.3 is 14.8 Å². The molecule has 0 spiro atoms. The highest BCUT2D eigenvalue weighted by atomic mass is 32.1. The number of carbonyl (C=O) groups excluding carboxylic acids is 2. The number of thiophene rings is 1. The van der Waals surface area contributed by atoms with Crippen molar-refractivity contribution >= 4 is 34.3 Å². The molecule has 2 amide bonds. The molecule has 12 heteroatoms. The van der Waals surface area contributed by atoms with E-state index in [1.807, 2.05) is 11.4 Å². The molecule has 1 aliphatic rings. The summed E-state index contributed by atoms with van der Waals surface area (Å²) in [5.41, 5.74) is -0.423. The van der Waals surface area contributed by atoms with Gasteiger partial charge in [-0.3, -0.25) is 28.4 Å². The minimum absolute atomic E-state index is 0.0131. The van der Waals surface area contributed by atoms with Crippen LogP contribution in [-0.4, -0.2) is 79.6 Å². The number of nitrogens with one attached hydrogen (secondary N) is 1. The van der Waals surface area contributed by atoms with E-state index < -0.39 is 11.2 Å². The Morgan fingerprint density at radius 1 is 1.12 bits per heavy atom. The van der Waals surface area contributed by atoms with Crippen molar-refractivity contribution in [3.05, 3.63) is 49.6 Å². The average molecular weight is 460 g/mol. The van der Waals surface area contributed by atoms with Crippen molar-refractivity contribution in [3.63, 3.8) is 0 Å². The van der Waals surface area contributed by atoms with E-state index in [2.05, 4.69) is 15.2 Å². The van der Waals surface area contributed by atoms with Crippen molar-refractivity contribution in [2.24, 2.45) is 14.1 Å². The molecule has 1 saturated heterocycles. The van der Waals surface area contributed by atoms with E-state index >= 15 is 0 Å². The van der Waals surface area contributed by atoms with Crippen molar-refractivity contribution < 1.29 is 9.59 Å². The summed E-state index contributed by atoms with van der Waals surface area (Å²) in [6, 6.07) is 3.64. The van der Waals surface area contributed by atoms with Gasteiger partial charge in [-0.05, 0) is 11.4 Å². The standard InChI is InChI=1S/C20H25N7O4S/c1-23-17-16(19(30)24(2)20(23)31)27(13-22-17)12-15(28)26-9-7-25(8-10-26)6-5-21-18(29)14-4-3-11-32-14/h3-4,11,13H,5-10,12H2,1-2H3,(H,21,29). The molecule has 0 unspecified atom stereocenters. The van der Waals surface area contributed by atoms with Crippen LogP contribution in [0.4, 0.5) is 0 Å². The fourth-order valence-corrected chi connectivity index (χ4v) is 4.45. The van der Waals surface area contributed by atoms with Crippen LogP contribution in [0.3, 0.4) is 0 Å². The highest BCUT2D eigenvalue weighted by molar-refractivity contribution is 7.12. The first-order chi connectivity index (χ1) is 15.4. The number of fused-ring (bicyclic) bond motifs is 1. The van der Waals surface area contributed by atoms with Gasteiger partial charge in [0.15, 0.2) is 11.2 Å². The largest absolute Gasteiger partial charge is 0.350 e. The summed E-state index contributed by atoms with van der Waals surface area (Å²) in [4.78, 5) is 58.2. The maximum atomic E-state index is 12.8. The fraction of sp³-hybridized carbons (Fsp3) is 0.450. The molecule has 3 aromatic rings. The monoisotopic (exact) mass is 459 g/mol. The summed E-state index contributed by atoms with van der Waals surface area (Å²) < 4.78 is 3.82. The van der Waals surface area contributed by atoms with Gasteiger partial charge in [-0.25, -0.2) is 9.78 Å². The lowest BCUT2D eigenvalue weighted by molar-refractivity contribution is -0.133. The number of aryl methyl sites for hydroxylation is 1. The molecule has 1 fully saturated rings. The second kappa shape index (κ2) is 9.09. The van der Waals surface area contributed by atoms with Gasteiger partial charge in [0.1, 0.15) is 6.54 Å². The molecule has 3 aromatic heterocycles.